The van der Waals surface area contributed by atoms with Crippen molar-refractivity contribution in [3.05, 3.63) is 24.5 Å². The minimum absolute atomic E-state index is 0.568. The topological polar surface area (TPSA) is 67.1 Å². The molecule has 0 saturated carbocycles. The van der Waals surface area contributed by atoms with Crippen LogP contribution >= 0.6 is 11.5 Å². The minimum Gasteiger partial charge on any atom is -0.382 e. The van der Waals surface area contributed by atoms with Crippen molar-refractivity contribution in [2.24, 2.45) is 0 Å². The van der Waals surface area contributed by atoms with E-state index in [-0.39, 0.29) is 0 Å². The van der Waals surface area contributed by atoms with Crippen LogP contribution in [0, 0.1) is 0 Å². The zero-order valence-corrected chi connectivity index (χ0v) is 12.8. The predicted octanol–water partition coefficient (Wildman–Crippen LogP) is 2.54. The zero-order valence-electron chi connectivity index (χ0n) is 12.0. The maximum absolute atomic E-state index is 5.97. The van der Waals surface area contributed by atoms with E-state index in [1.54, 1.807) is 6.20 Å². The standard InChI is InChI=1S/C14H21N5S/c1-19(2)9-4-3-8-17-14-12(13(15)18-20-14)11-6-5-7-16-10-11/h5-7,10,17H,3-4,8-9H2,1-2H3,(H2,15,18). The second kappa shape index (κ2) is 7.21. The lowest BCUT2D eigenvalue weighted by Crippen LogP contribution is -2.14. The lowest BCUT2D eigenvalue weighted by atomic mass is 10.1. The molecule has 5 nitrogen and oxygen atoms in total. The molecule has 0 saturated heterocycles. The first-order valence-corrected chi connectivity index (χ1v) is 7.50. The molecule has 20 heavy (non-hydrogen) atoms. The van der Waals surface area contributed by atoms with Crippen molar-refractivity contribution in [3.8, 4) is 11.1 Å². The monoisotopic (exact) mass is 291 g/mol. The summed E-state index contributed by atoms with van der Waals surface area (Å²) in [5, 5.41) is 4.46. The number of unbranched alkanes of at least 4 members (excludes halogenated alkanes) is 1. The van der Waals surface area contributed by atoms with E-state index in [2.05, 4.69) is 33.7 Å². The van der Waals surface area contributed by atoms with Crippen molar-refractivity contribution in [2.45, 2.75) is 12.8 Å². The number of nitrogens with zero attached hydrogens (tertiary/aromatic N) is 3. The number of nitrogens with two attached hydrogens (primary N) is 1. The van der Waals surface area contributed by atoms with Gasteiger partial charge in [0.05, 0.1) is 5.56 Å². The Morgan fingerprint density at radius 2 is 2.20 bits per heavy atom. The number of rotatable bonds is 7. The van der Waals surface area contributed by atoms with Crippen LogP contribution in [0.15, 0.2) is 24.5 Å². The Labute approximate surface area is 124 Å². The van der Waals surface area contributed by atoms with Gasteiger partial charge in [-0.15, -0.1) is 0 Å². The molecule has 2 aromatic heterocycles. The molecule has 0 radical (unpaired) electrons. The van der Waals surface area contributed by atoms with Gasteiger partial charge in [-0.25, -0.2) is 0 Å². The summed E-state index contributed by atoms with van der Waals surface area (Å²) in [5.41, 5.74) is 7.95. The van der Waals surface area contributed by atoms with E-state index in [9.17, 15) is 0 Å². The maximum atomic E-state index is 5.97. The molecule has 0 atom stereocenters. The van der Waals surface area contributed by atoms with Crippen LogP contribution in [0.1, 0.15) is 12.8 Å². The summed E-state index contributed by atoms with van der Waals surface area (Å²) >= 11 is 1.41. The van der Waals surface area contributed by atoms with E-state index < -0.39 is 0 Å². The summed E-state index contributed by atoms with van der Waals surface area (Å²) in [6, 6.07) is 3.91. The fourth-order valence-corrected chi connectivity index (χ4v) is 2.73. The Kier molecular flexibility index (Phi) is 5.31. The van der Waals surface area contributed by atoms with E-state index in [0.717, 1.165) is 35.6 Å². The van der Waals surface area contributed by atoms with Gasteiger partial charge in [-0.1, -0.05) is 6.07 Å². The number of pyridine rings is 1. The molecule has 0 aliphatic carbocycles. The molecule has 6 heteroatoms. The molecule has 0 aliphatic rings. The van der Waals surface area contributed by atoms with Crippen LogP contribution in [0.2, 0.25) is 0 Å². The highest BCUT2D eigenvalue weighted by atomic mass is 32.1. The Balaban J connectivity index is 1.96. The van der Waals surface area contributed by atoms with Gasteiger partial charge in [0.15, 0.2) is 0 Å². The van der Waals surface area contributed by atoms with E-state index in [0.29, 0.717) is 5.82 Å². The molecule has 0 unspecified atom stereocenters. The second-order valence-electron chi connectivity index (χ2n) is 4.95. The summed E-state index contributed by atoms with van der Waals surface area (Å²) in [4.78, 5) is 6.34. The van der Waals surface area contributed by atoms with Gasteiger partial charge in [0.25, 0.3) is 0 Å². The number of aromatic nitrogens is 2. The summed E-state index contributed by atoms with van der Waals surface area (Å²) in [6.45, 7) is 2.05. The molecule has 2 rings (SSSR count). The van der Waals surface area contributed by atoms with Crippen LogP contribution in [0.5, 0.6) is 0 Å². The SMILES string of the molecule is CN(C)CCCCNc1snc(N)c1-c1cccnc1. The van der Waals surface area contributed by atoms with Gasteiger partial charge in [-0.2, -0.15) is 4.37 Å². The number of hydrogen-bond acceptors (Lipinski definition) is 6. The smallest absolute Gasteiger partial charge is 0.147 e. The van der Waals surface area contributed by atoms with E-state index in [1.807, 2.05) is 18.3 Å². The maximum Gasteiger partial charge on any atom is 0.147 e. The first-order chi connectivity index (χ1) is 9.68. The minimum atomic E-state index is 0.568. The number of hydrogen-bond donors (Lipinski definition) is 2. The predicted molar refractivity (Wildman–Crippen MR) is 86.0 cm³/mol. The second-order valence-corrected chi connectivity index (χ2v) is 5.72. The van der Waals surface area contributed by atoms with Gasteiger partial charge in [-0.3, -0.25) is 4.98 Å². The van der Waals surface area contributed by atoms with Gasteiger partial charge < -0.3 is 16.0 Å². The molecule has 2 aromatic rings. The van der Waals surface area contributed by atoms with Crippen molar-refractivity contribution in [2.75, 3.05) is 38.2 Å². The Bertz CT molecular complexity index is 524. The van der Waals surface area contributed by atoms with Gasteiger partial charge in [0.1, 0.15) is 10.8 Å². The highest BCUT2D eigenvalue weighted by Gasteiger charge is 2.13. The van der Waals surface area contributed by atoms with Crippen molar-refractivity contribution in [1.82, 2.24) is 14.3 Å². The molecule has 2 heterocycles. The van der Waals surface area contributed by atoms with Crippen LogP contribution in [0.25, 0.3) is 11.1 Å². The fourth-order valence-electron chi connectivity index (χ4n) is 1.97. The molecule has 0 aromatic carbocycles. The highest BCUT2D eigenvalue weighted by molar-refractivity contribution is 7.11. The van der Waals surface area contributed by atoms with Gasteiger partial charge in [0, 0.05) is 24.5 Å². The average Bonchev–Trinajstić information content (AvgIpc) is 2.80. The van der Waals surface area contributed by atoms with Gasteiger partial charge in [0.2, 0.25) is 0 Å². The molecular weight excluding hydrogens is 270 g/mol. The lowest BCUT2D eigenvalue weighted by Gasteiger charge is -2.10. The third-order valence-corrected chi connectivity index (χ3v) is 3.81. The van der Waals surface area contributed by atoms with Crippen LogP contribution < -0.4 is 11.1 Å². The van der Waals surface area contributed by atoms with Crippen molar-refractivity contribution in [1.29, 1.82) is 0 Å². The largest absolute Gasteiger partial charge is 0.382 e. The summed E-state index contributed by atoms with van der Waals surface area (Å²) in [5.74, 6) is 0.568. The van der Waals surface area contributed by atoms with E-state index >= 15 is 0 Å². The average molecular weight is 291 g/mol. The summed E-state index contributed by atoms with van der Waals surface area (Å²) in [7, 11) is 4.19. The van der Waals surface area contributed by atoms with Gasteiger partial charge >= 0.3 is 0 Å². The number of anilines is 2. The van der Waals surface area contributed by atoms with Crippen molar-refractivity contribution >= 4 is 22.4 Å². The third kappa shape index (κ3) is 3.91. The van der Waals surface area contributed by atoms with E-state index in [1.165, 1.54) is 18.0 Å². The van der Waals surface area contributed by atoms with Crippen LogP contribution in [-0.2, 0) is 0 Å². The Hall–Kier alpha value is -1.66. The summed E-state index contributed by atoms with van der Waals surface area (Å²) in [6.07, 6.45) is 5.88. The molecule has 0 fully saturated rings. The number of nitrogen functional groups attached to an aromatic ring is 1. The summed E-state index contributed by atoms with van der Waals surface area (Å²) < 4.78 is 4.24. The Morgan fingerprint density at radius 1 is 1.35 bits per heavy atom. The zero-order chi connectivity index (χ0) is 14.4. The fraction of sp³-hybridized carbons (Fsp3) is 0.429. The lowest BCUT2D eigenvalue weighted by molar-refractivity contribution is 0.396. The molecule has 0 bridgehead atoms. The third-order valence-electron chi connectivity index (χ3n) is 2.99. The normalized spacial score (nSPS) is 10.9. The molecule has 3 N–H and O–H groups in total. The molecule has 108 valence electrons. The Morgan fingerprint density at radius 3 is 2.90 bits per heavy atom. The quantitative estimate of drug-likeness (QED) is 0.767. The first kappa shape index (κ1) is 14.7. The molecule has 0 spiro atoms. The van der Waals surface area contributed by atoms with Crippen molar-refractivity contribution < 1.29 is 0 Å². The molecule has 0 amide bonds. The van der Waals surface area contributed by atoms with Crippen molar-refractivity contribution in [3.63, 3.8) is 0 Å². The van der Waals surface area contributed by atoms with E-state index in [4.69, 9.17) is 5.73 Å². The molecular formula is C14H21N5S. The highest BCUT2D eigenvalue weighted by Crippen LogP contribution is 2.36. The van der Waals surface area contributed by atoms with Crippen LogP contribution in [-0.4, -0.2) is 41.4 Å². The number of nitrogens with one attached hydrogen (secondary N) is 1. The first-order valence-electron chi connectivity index (χ1n) is 6.72. The van der Waals surface area contributed by atoms with Gasteiger partial charge in [-0.05, 0) is 51.1 Å². The molecule has 0 aliphatic heterocycles. The van der Waals surface area contributed by atoms with Crippen LogP contribution in [0.3, 0.4) is 0 Å². The van der Waals surface area contributed by atoms with Crippen LogP contribution in [0.4, 0.5) is 10.8 Å².